The molecular formula is C14H12Cl2N2O2S. The average Bonchev–Trinajstić information content (AvgIpc) is 2.42. The van der Waals surface area contributed by atoms with Crippen molar-refractivity contribution in [3.8, 4) is 0 Å². The van der Waals surface area contributed by atoms with Crippen molar-refractivity contribution in [3.63, 3.8) is 0 Å². The number of nitrogens with one attached hydrogen (secondary N) is 1. The molecule has 0 aliphatic heterocycles. The molecule has 0 aromatic heterocycles. The molecule has 0 saturated heterocycles. The first-order valence-corrected chi connectivity index (χ1v) is 8.02. The van der Waals surface area contributed by atoms with Crippen molar-refractivity contribution in [2.45, 2.75) is 4.90 Å². The van der Waals surface area contributed by atoms with Crippen LogP contribution in [0.5, 0.6) is 0 Å². The van der Waals surface area contributed by atoms with Crippen LogP contribution in [0.3, 0.4) is 0 Å². The van der Waals surface area contributed by atoms with Gasteiger partial charge in [-0.15, -0.1) is 0 Å². The first kappa shape index (κ1) is 15.8. The molecule has 0 heterocycles. The third-order valence-corrected chi connectivity index (χ3v) is 4.74. The molecule has 0 radical (unpaired) electrons. The average molecular weight is 343 g/mol. The molecule has 110 valence electrons. The Bertz CT molecular complexity index is 707. The third kappa shape index (κ3) is 4.20. The summed E-state index contributed by atoms with van der Waals surface area (Å²) < 4.78 is 12.1. The van der Waals surface area contributed by atoms with E-state index in [-0.39, 0.29) is 5.75 Å². The summed E-state index contributed by atoms with van der Waals surface area (Å²) in [6.07, 6.45) is 0. The number of carbonyl (C=O) groups excluding carboxylic acids is 1. The van der Waals surface area contributed by atoms with Gasteiger partial charge >= 0.3 is 0 Å². The molecule has 0 bridgehead atoms. The van der Waals surface area contributed by atoms with Gasteiger partial charge in [-0.25, -0.2) is 0 Å². The van der Waals surface area contributed by atoms with Crippen LogP contribution in [-0.4, -0.2) is 15.9 Å². The summed E-state index contributed by atoms with van der Waals surface area (Å²) in [5.74, 6) is -0.621. The second-order valence-corrected chi connectivity index (χ2v) is 6.44. The number of nitrogen functional groups attached to an aromatic ring is 1. The summed E-state index contributed by atoms with van der Waals surface area (Å²) in [6, 6.07) is 11.4. The van der Waals surface area contributed by atoms with Gasteiger partial charge in [0.15, 0.2) is 0 Å². The van der Waals surface area contributed by atoms with E-state index in [9.17, 15) is 9.00 Å². The van der Waals surface area contributed by atoms with Crippen molar-refractivity contribution in [3.05, 3.63) is 52.5 Å². The van der Waals surface area contributed by atoms with Gasteiger partial charge in [-0.1, -0.05) is 35.3 Å². The predicted octanol–water partition coefficient (Wildman–Crippen LogP) is 3.32. The lowest BCUT2D eigenvalue weighted by Gasteiger charge is -2.08. The molecule has 2 aromatic rings. The van der Waals surface area contributed by atoms with E-state index in [0.717, 1.165) is 0 Å². The van der Waals surface area contributed by atoms with Crippen LogP contribution in [0.15, 0.2) is 47.4 Å². The second kappa shape index (κ2) is 6.93. The number of rotatable bonds is 4. The lowest BCUT2D eigenvalue weighted by atomic mass is 10.3. The minimum Gasteiger partial charge on any atom is -0.399 e. The fraction of sp³-hybridized carbons (Fsp3) is 0.0714. The zero-order valence-electron chi connectivity index (χ0n) is 10.8. The van der Waals surface area contributed by atoms with Gasteiger partial charge in [0, 0.05) is 5.69 Å². The highest BCUT2D eigenvalue weighted by Crippen LogP contribution is 2.24. The van der Waals surface area contributed by atoms with Crippen molar-refractivity contribution >= 4 is 51.3 Å². The molecule has 4 nitrogen and oxygen atoms in total. The number of nitrogens with two attached hydrogens (primary N) is 1. The molecule has 0 aliphatic carbocycles. The fourth-order valence-corrected chi connectivity index (χ4v) is 3.26. The van der Waals surface area contributed by atoms with Gasteiger partial charge in [0.25, 0.3) is 0 Å². The van der Waals surface area contributed by atoms with Crippen molar-refractivity contribution in [2.75, 3.05) is 16.8 Å². The summed E-state index contributed by atoms with van der Waals surface area (Å²) in [5.41, 5.74) is 6.49. The smallest absolute Gasteiger partial charge is 0.237 e. The molecule has 0 aliphatic rings. The van der Waals surface area contributed by atoms with Gasteiger partial charge in [0.2, 0.25) is 5.91 Å². The maximum Gasteiger partial charge on any atom is 0.237 e. The quantitative estimate of drug-likeness (QED) is 0.837. The first-order chi connectivity index (χ1) is 9.97. The molecule has 1 amide bonds. The molecule has 0 spiro atoms. The lowest BCUT2D eigenvalue weighted by Crippen LogP contribution is -2.19. The van der Waals surface area contributed by atoms with E-state index in [1.54, 1.807) is 36.4 Å². The Balaban J connectivity index is 2.05. The Kier molecular flexibility index (Phi) is 5.22. The van der Waals surface area contributed by atoms with Gasteiger partial charge in [0.05, 0.1) is 31.4 Å². The number of amides is 1. The van der Waals surface area contributed by atoms with E-state index in [0.29, 0.717) is 26.3 Å². The Labute approximate surface area is 134 Å². The molecule has 21 heavy (non-hydrogen) atoms. The Morgan fingerprint density at radius 3 is 2.52 bits per heavy atom. The van der Waals surface area contributed by atoms with Gasteiger partial charge in [-0.2, -0.15) is 0 Å². The highest BCUT2D eigenvalue weighted by molar-refractivity contribution is 7.86. The molecule has 2 aromatic carbocycles. The van der Waals surface area contributed by atoms with E-state index < -0.39 is 16.7 Å². The maximum absolute atomic E-state index is 12.1. The zero-order valence-corrected chi connectivity index (χ0v) is 13.1. The van der Waals surface area contributed by atoms with E-state index in [2.05, 4.69) is 5.32 Å². The molecule has 0 fully saturated rings. The molecule has 1 atom stereocenters. The molecule has 2 rings (SSSR count). The van der Waals surface area contributed by atoms with Gasteiger partial charge in [-0.05, 0) is 30.3 Å². The largest absolute Gasteiger partial charge is 0.399 e. The number of halogens is 2. The molecular weight excluding hydrogens is 331 g/mol. The molecule has 3 N–H and O–H groups in total. The minimum atomic E-state index is -1.52. The molecule has 7 heteroatoms. The molecule has 0 saturated carbocycles. The van der Waals surface area contributed by atoms with E-state index in [1.807, 2.05) is 0 Å². The monoisotopic (exact) mass is 342 g/mol. The van der Waals surface area contributed by atoms with Crippen LogP contribution >= 0.6 is 23.2 Å². The van der Waals surface area contributed by atoms with Crippen LogP contribution in [0.2, 0.25) is 10.0 Å². The van der Waals surface area contributed by atoms with Gasteiger partial charge in [-0.3, -0.25) is 9.00 Å². The third-order valence-electron chi connectivity index (χ3n) is 2.61. The summed E-state index contributed by atoms with van der Waals surface area (Å²) in [6.45, 7) is 0. The number of anilines is 2. The van der Waals surface area contributed by atoms with E-state index in [4.69, 9.17) is 28.9 Å². The van der Waals surface area contributed by atoms with Crippen LogP contribution in [0, 0.1) is 0 Å². The highest BCUT2D eigenvalue weighted by Gasteiger charge is 2.14. The SMILES string of the molecule is Nc1ccc(NC(=O)CS(=O)c2ccccc2Cl)c(Cl)c1. The van der Waals surface area contributed by atoms with E-state index in [1.165, 1.54) is 6.07 Å². The van der Waals surface area contributed by atoms with Crippen LogP contribution in [0.25, 0.3) is 0 Å². The maximum atomic E-state index is 12.1. The van der Waals surface area contributed by atoms with Crippen molar-refractivity contribution in [1.29, 1.82) is 0 Å². The zero-order chi connectivity index (χ0) is 15.4. The van der Waals surface area contributed by atoms with Crippen LogP contribution in [0.1, 0.15) is 0 Å². The normalized spacial score (nSPS) is 11.9. The number of hydrogen-bond acceptors (Lipinski definition) is 3. The number of carbonyl (C=O) groups is 1. The lowest BCUT2D eigenvalue weighted by molar-refractivity contribution is -0.113. The van der Waals surface area contributed by atoms with E-state index >= 15 is 0 Å². The fourth-order valence-electron chi connectivity index (χ4n) is 1.65. The summed E-state index contributed by atoms with van der Waals surface area (Å²) >= 11 is 11.9. The Morgan fingerprint density at radius 1 is 1.14 bits per heavy atom. The highest BCUT2D eigenvalue weighted by atomic mass is 35.5. The van der Waals surface area contributed by atoms with Crippen LogP contribution in [-0.2, 0) is 15.6 Å². The molecule has 1 unspecified atom stereocenters. The minimum absolute atomic E-state index is 0.204. The van der Waals surface area contributed by atoms with Crippen molar-refractivity contribution in [1.82, 2.24) is 0 Å². The van der Waals surface area contributed by atoms with Crippen LogP contribution < -0.4 is 11.1 Å². The van der Waals surface area contributed by atoms with Crippen molar-refractivity contribution in [2.24, 2.45) is 0 Å². The van der Waals surface area contributed by atoms with Gasteiger partial charge in [0.1, 0.15) is 5.75 Å². The topological polar surface area (TPSA) is 72.2 Å². The van der Waals surface area contributed by atoms with Crippen molar-refractivity contribution < 1.29 is 9.00 Å². The summed E-state index contributed by atoms with van der Waals surface area (Å²) in [4.78, 5) is 12.3. The Morgan fingerprint density at radius 2 is 1.86 bits per heavy atom. The predicted molar refractivity (Wildman–Crippen MR) is 87.2 cm³/mol. The Hall–Kier alpha value is -1.56. The first-order valence-electron chi connectivity index (χ1n) is 5.95. The van der Waals surface area contributed by atoms with Crippen LogP contribution in [0.4, 0.5) is 11.4 Å². The summed E-state index contributed by atoms with van der Waals surface area (Å²) in [5, 5.41) is 3.29. The standard InChI is InChI=1S/C14H12Cl2N2O2S/c15-10-3-1-2-4-13(10)21(20)8-14(19)18-12-6-5-9(17)7-11(12)16/h1-7H,8,17H2,(H,18,19). The number of hydrogen-bond donors (Lipinski definition) is 2. The van der Waals surface area contributed by atoms with Gasteiger partial charge < -0.3 is 11.1 Å². The second-order valence-electron chi connectivity index (χ2n) is 4.21. The summed E-state index contributed by atoms with van der Waals surface area (Å²) in [7, 11) is -1.52. The number of benzene rings is 2.